The van der Waals surface area contributed by atoms with E-state index in [9.17, 15) is 4.79 Å². The number of nitrogens with one attached hydrogen (secondary N) is 1. The zero-order chi connectivity index (χ0) is 17.5. The lowest BCUT2D eigenvalue weighted by atomic mass is 10.1. The van der Waals surface area contributed by atoms with Gasteiger partial charge in [0.15, 0.2) is 0 Å². The fraction of sp³-hybridized carbons (Fsp3) is 0.389. The molecule has 1 N–H and O–H groups in total. The molecule has 24 heavy (non-hydrogen) atoms. The van der Waals surface area contributed by atoms with Crippen LogP contribution in [0, 0.1) is 6.92 Å². The van der Waals surface area contributed by atoms with E-state index in [1.165, 1.54) is 5.56 Å². The first-order valence-corrected chi connectivity index (χ1v) is 8.99. The maximum absolute atomic E-state index is 12.4. The third-order valence-electron chi connectivity index (χ3n) is 3.62. The highest BCUT2D eigenvalue weighted by Gasteiger charge is 2.13. The van der Waals surface area contributed by atoms with Gasteiger partial charge < -0.3 is 10.2 Å². The van der Waals surface area contributed by atoms with Crippen molar-refractivity contribution < 1.29 is 4.79 Å². The van der Waals surface area contributed by atoms with E-state index in [0.717, 1.165) is 22.7 Å². The summed E-state index contributed by atoms with van der Waals surface area (Å²) in [5.74, 6) is 0.947. The molecule has 0 aliphatic heterocycles. The van der Waals surface area contributed by atoms with Gasteiger partial charge in [0.05, 0.1) is 18.4 Å². The van der Waals surface area contributed by atoms with Crippen LogP contribution >= 0.6 is 11.8 Å². The molecule has 0 saturated heterocycles. The Morgan fingerprint density at radius 1 is 1.33 bits per heavy atom. The molecule has 128 valence electrons. The Balaban J connectivity index is 2.01. The van der Waals surface area contributed by atoms with Gasteiger partial charge in [-0.1, -0.05) is 26.0 Å². The number of amides is 2. The van der Waals surface area contributed by atoms with Crippen LogP contribution < -0.4 is 5.32 Å². The van der Waals surface area contributed by atoms with Gasteiger partial charge in [-0.2, -0.15) is 11.8 Å². The monoisotopic (exact) mass is 344 g/mol. The van der Waals surface area contributed by atoms with Crippen molar-refractivity contribution in [1.29, 1.82) is 0 Å². The predicted molar refractivity (Wildman–Crippen MR) is 100 cm³/mol. The molecular formula is C18H24N4OS. The van der Waals surface area contributed by atoms with Crippen LogP contribution in [-0.2, 0) is 12.3 Å². The van der Waals surface area contributed by atoms with Crippen molar-refractivity contribution in [1.82, 2.24) is 14.9 Å². The van der Waals surface area contributed by atoms with Crippen molar-refractivity contribution in [2.24, 2.45) is 0 Å². The molecule has 0 aliphatic rings. The largest absolute Gasteiger partial charge is 0.322 e. The minimum Gasteiger partial charge on any atom is -0.322 e. The summed E-state index contributed by atoms with van der Waals surface area (Å²) < 4.78 is 0. The normalized spacial score (nSPS) is 10.7. The van der Waals surface area contributed by atoms with Gasteiger partial charge in [-0.3, -0.25) is 9.97 Å². The summed E-state index contributed by atoms with van der Waals surface area (Å²) in [6.07, 6.45) is 4.91. The minimum absolute atomic E-state index is 0.155. The Bertz CT molecular complexity index is 676. The summed E-state index contributed by atoms with van der Waals surface area (Å²) in [6, 6.07) is 5.88. The number of anilines is 1. The van der Waals surface area contributed by atoms with Gasteiger partial charge in [0.25, 0.3) is 0 Å². The molecule has 5 nitrogen and oxygen atoms in total. The number of hydrogen-bond donors (Lipinski definition) is 1. The second-order valence-electron chi connectivity index (χ2n) is 5.93. The van der Waals surface area contributed by atoms with Crippen LogP contribution in [0.25, 0.3) is 0 Å². The number of aromatic nitrogens is 2. The summed E-state index contributed by atoms with van der Waals surface area (Å²) in [6.45, 7) is 6.84. The van der Waals surface area contributed by atoms with Gasteiger partial charge in [-0.25, -0.2) is 4.79 Å². The molecule has 0 fully saturated rings. The van der Waals surface area contributed by atoms with Crippen molar-refractivity contribution in [3.05, 3.63) is 53.6 Å². The molecule has 1 aromatic heterocycles. The summed E-state index contributed by atoms with van der Waals surface area (Å²) >= 11 is 1.90. The van der Waals surface area contributed by atoms with Crippen molar-refractivity contribution in [2.45, 2.75) is 38.3 Å². The number of hydrogen-bond acceptors (Lipinski definition) is 4. The second kappa shape index (κ2) is 8.68. The quantitative estimate of drug-likeness (QED) is 0.857. The fourth-order valence-electron chi connectivity index (χ4n) is 2.17. The number of urea groups is 1. The number of thioether (sulfide) groups is 1. The lowest BCUT2D eigenvalue weighted by molar-refractivity contribution is 0.220. The first-order valence-electron chi connectivity index (χ1n) is 7.94. The van der Waals surface area contributed by atoms with Gasteiger partial charge in [0.2, 0.25) is 0 Å². The average molecular weight is 344 g/mol. The van der Waals surface area contributed by atoms with E-state index in [2.05, 4.69) is 42.1 Å². The number of nitrogens with zero attached hydrogens (tertiary/aromatic N) is 3. The van der Waals surface area contributed by atoms with Crippen LogP contribution in [0.3, 0.4) is 0 Å². The molecule has 0 spiro atoms. The first-order chi connectivity index (χ1) is 11.5. The van der Waals surface area contributed by atoms with Crippen LogP contribution in [0.4, 0.5) is 10.5 Å². The topological polar surface area (TPSA) is 58.1 Å². The van der Waals surface area contributed by atoms with Crippen molar-refractivity contribution in [2.75, 3.05) is 12.4 Å². The van der Waals surface area contributed by atoms with Crippen molar-refractivity contribution in [3.63, 3.8) is 0 Å². The van der Waals surface area contributed by atoms with Crippen LogP contribution in [0.1, 0.15) is 30.7 Å². The third kappa shape index (κ3) is 5.23. The minimum atomic E-state index is -0.155. The van der Waals surface area contributed by atoms with Gasteiger partial charge in [0, 0.05) is 30.9 Å². The number of carbonyl (C=O) groups is 1. The zero-order valence-electron chi connectivity index (χ0n) is 14.6. The molecule has 0 saturated carbocycles. The van der Waals surface area contributed by atoms with E-state index < -0.39 is 0 Å². The standard InChI is InChI=1S/C18H24N4OS/c1-13(2)24-12-15-6-5-7-17(14(15)3)21-18(23)22(4)11-16-10-19-8-9-20-16/h5-10,13H,11-12H2,1-4H3,(H,21,23). The number of rotatable bonds is 6. The fourth-order valence-corrected chi connectivity index (χ4v) is 2.99. The van der Waals surface area contributed by atoms with Gasteiger partial charge in [0.1, 0.15) is 0 Å². The zero-order valence-corrected chi connectivity index (χ0v) is 15.4. The molecule has 1 aromatic carbocycles. The third-order valence-corrected chi connectivity index (χ3v) is 4.77. The Kier molecular flexibility index (Phi) is 6.61. The average Bonchev–Trinajstić information content (AvgIpc) is 2.56. The first kappa shape index (κ1) is 18.3. The van der Waals surface area contributed by atoms with Crippen LogP contribution in [0.5, 0.6) is 0 Å². The molecule has 0 bridgehead atoms. The predicted octanol–water partition coefficient (Wildman–Crippen LogP) is 4.09. The van der Waals surface area contributed by atoms with Gasteiger partial charge >= 0.3 is 6.03 Å². The molecular weight excluding hydrogens is 320 g/mol. The Hall–Kier alpha value is -2.08. The maximum atomic E-state index is 12.4. The van der Waals surface area contributed by atoms with E-state index in [-0.39, 0.29) is 6.03 Å². The molecule has 0 aliphatic carbocycles. The summed E-state index contributed by atoms with van der Waals surface area (Å²) in [5, 5.41) is 3.57. The van der Waals surface area contributed by atoms with E-state index in [0.29, 0.717) is 11.8 Å². The highest BCUT2D eigenvalue weighted by Crippen LogP contribution is 2.25. The lowest BCUT2D eigenvalue weighted by Gasteiger charge is -2.19. The smallest absolute Gasteiger partial charge is 0.321 e. The molecule has 0 unspecified atom stereocenters. The Morgan fingerprint density at radius 2 is 2.12 bits per heavy atom. The molecule has 0 atom stereocenters. The molecule has 2 amide bonds. The SMILES string of the molecule is Cc1c(CSC(C)C)cccc1NC(=O)N(C)Cc1cnccn1. The van der Waals surface area contributed by atoms with E-state index >= 15 is 0 Å². The Labute approximate surface area is 147 Å². The molecule has 2 rings (SSSR count). The van der Waals surface area contributed by atoms with E-state index in [4.69, 9.17) is 0 Å². The molecule has 1 heterocycles. The highest BCUT2D eigenvalue weighted by atomic mass is 32.2. The van der Waals surface area contributed by atoms with Gasteiger partial charge in [-0.15, -0.1) is 0 Å². The number of benzene rings is 1. The summed E-state index contributed by atoms with van der Waals surface area (Å²) in [4.78, 5) is 22.2. The highest BCUT2D eigenvalue weighted by molar-refractivity contribution is 7.99. The van der Waals surface area contributed by atoms with Crippen molar-refractivity contribution >= 4 is 23.5 Å². The molecule has 6 heteroatoms. The lowest BCUT2D eigenvalue weighted by Crippen LogP contribution is -2.31. The maximum Gasteiger partial charge on any atom is 0.321 e. The second-order valence-corrected chi connectivity index (χ2v) is 7.50. The van der Waals surface area contributed by atoms with Crippen LogP contribution in [0.15, 0.2) is 36.8 Å². The molecule has 2 aromatic rings. The number of carbonyl (C=O) groups excluding carboxylic acids is 1. The van der Waals surface area contributed by atoms with Crippen LogP contribution in [-0.4, -0.2) is 33.2 Å². The van der Waals surface area contributed by atoms with Crippen LogP contribution in [0.2, 0.25) is 0 Å². The summed E-state index contributed by atoms with van der Waals surface area (Å²) in [5.41, 5.74) is 3.98. The Morgan fingerprint density at radius 3 is 2.79 bits per heavy atom. The molecule has 0 radical (unpaired) electrons. The van der Waals surface area contributed by atoms with Crippen molar-refractivity contribution in [3.8, 4) is 0 Å². The van der Waals surface area contributed by atoms with Gasteiger partial charge in [-0.05, 0) is 29.4 Å². The van der Waals surface area contributed by atoms with E-state index in [1.54, 1.807) is 30.5 Å². The van der Waals surface area contributed by atoms with E-state index in [1.807, 2.05) is 23.9 Å². The summed E-state index contributed by atoms with van der Waals surface area (Å²) in [7, 11) is 1.75.